The molecule has 0 spiro atoms. The molecule has 0 bridgehead atoms. The van der Waals surface area contributed by atoms with Gasteiger partial charge in [-0.2, -0.15) is 0 Å². The second-order valence-electron chi connectivity index (χ2n) is 5.98. The lowest BCUT2D eigenvalue weighted by atomic mass is 10.1. The van der Waals surface area contributed by atoms with Crippen molar-refractivity contribution in [1.29, 1.82) is 0 Å². The van der Waals surface area contributed by atoms with E-state index in [1.54, 1.807) is 30.3 Å². The number of ether oxygens (including phenoxy) is 1. The van der Waals surface area contributed by atoms with E-state index < -0.39 is 10.8 Å². The maximum atomic E-state index is 12.4. The van der Waals surface area contributed by atoms with Crippen LogP contribution in [-0.4, -0.2) is 37.1 Å². The van der Waals surface area contributed by atoms with Crippen LogP contribution in [0.5, 0.6) is 0 Å². The van der Waals surface area contributed by atoms with Crippen molar-refractivity contribution in [3.8, 4) is 0 Å². The van der Waals surface area contributed by atoms with Crippen LogP contribution in [0, 0.1) is 10.1 Å². The van der Waals surface area contributed by atoms with E-state index in [4.69, 9.17) is 27.9 Å². The zero-order valence-corrected chi connectivity index (χ0v) is 15.8. The van der Waals surface area contributed by atoms with Crippen LogP contribution in [-0.2, 0) is 11.3 Å². The summed E-state index contributed by atoms with van der Waals surface area (Å²) in [5.74, 6) is -0.419. The molecule has 1 aliphatic heterocycles. The summed E-state index contributed by atoms with van der Waals surface area (Å²) in [6, 6.07) is 9.46. The molecule has 2 aromatic carbocycles. The summed E-state index contributed by atoms with van der Waals surface area (Å²) in [4.78, 5) is 25.3. The van der Waals surface area contributed by atoms with Crippen LogP contribution in [0.3, 0.4) is 0 Å². The number of nitrogens with zero attached hydrogens (tertiary/aromatic N) is 2. The van der Waals surface area contributed by atoms with Gasteiger partial charge in [0.05, 0.1) is 18.1 Å². The Morgan fingerprint density at radius 3 is 2.59 bits per heavy atom. The SMILES string of the molecule is O=C(NCc1ccc(Cl)cc1Cl)c1ccc(N2CCOCC2)c([N+](=O)[O-])c1. The lowest BCUT2D eigenvalue weighted by molar-refractivity contribution is -0.384. The summed E-state index contributed by atoms with van der Waals surface area (Å²) >= 11 is 11.9. The molecule has 9 heteroatoms. The molecule has 1 fully saturated rings. The lowest BCUT2D eigenvalue weighted by Gasteiger charge is -2.28. The Morgan fingerprint density at radius 1 is 1.19 bits per heavy atom. The van der Waals surface area contributed by atoms with Crippen molar-refractivity contribution in [2.45, 2.75) is 6.54 Å². The van der Waals surface area contributed by atoms with E-state index >= 15 is 0 Å². The minimum Gasteiger partial charge on any atom is -0.378 e. The van der Waals surface area contributed by atoms with Crippen LogP contribution in [0.1, 0.15) is 15.9 Å². The van der Waals surface area contributed by atoms with Crippen LogP contribution in [0.2, 0.25) is 10.0 Å². The smallest absolute Gasteiger partial charge is 0.293 e. The highest BCUT2D eigenvalue weighted by molar-refractivity contribution is 6.35. The first kappa shape index (κ1) is 19.4. The molecule has 1 N–H and O–H groups in total. The van der Waals surface area contributed by atoms with Crippen molar-refractivity contribution in [2.24, 2.45) is 0 Å². The minimum atomic E-state index is -0.475. The van der Waals surface area contributed by atoms with Crippen molar-refractivity contribution in [3.05, 3.63) is 67.7 Å². The van der Waals surface area contributed by atoms with Crippen molar-refractivity contribution in [2.75, 3.05) is 31.2 Å². The Labute approximate surface area is 166 Å². The van der Waals surface area contributed by atoms with Crippen LogP contribution in [0.4, 0.5) is 11.4 Å². The monoisotopic (exact) mass is 409 g/mol. The fourth-order valence-electron chi connectivity index (χ4n) is 2.83. The van der Waals surface area contributed by atoms with Gasteiger partial charge >= 0.3 is 0 Å². The average molecular weight is 410 g/mol. The summed E-state index contributed by atoms with van der Waals surface area (Å²) in [5.41, 5.74) is 1.30. The number of morpholine rings is 1. The maximum absolute atomic E-state index is 12.4. The van der Waals surface area contributed by atoms with Gasteiger partial charge in [-0.25, -0.2) is 0 Å². The van der Waals surface area contributed by atoms with E-state index in [0.29, 0.717) is 47.6 Å². The second kappa shape index (κ2) is 8.56. The highest BCUT2D eigenvalue weighted by Crippen LogP contribution is 2.30. The van der Waals surface area contributed by atoms with Gasteiger partial charge in [-0.05, 0) is 29.8 Å². The molecule has 1 saturated heterocycles. The average Bonchev–Trinajstić information content (AvgIpc) is 2.67. The topological polar surface area (TPSA) is 84.7 Å². The van der Waals surface area contributed by atoms with Gasteiger partial charge < -0.3 is 15.0 Å². The van der Waals surface area contributed by atoms with Gasteiger partial charge in [-0.1, -0.05) is 29.3 Å². The molecule has 1 aliphatic rings. The van der Waals surface area contributed by atoms with Gasteiger partial charge in [0.2, 0.25) is 0 Å². The Balaban J connectivity index is 1.76. The molecular weight excluding hydrogens is 393 g/mol. The Morgan fingerprint density at radius 2 is 1.93 bits per heavy atom. The van der Waals surface area contributed by atoms with E-state index in [0.717, 1.165) is 0 Å². The van der Waals surface area contributed by atoms with E-state index in [9.17, 15) is 14.9 Å². The van der Waals surface area contributed by atoms with Crippen LogP contribution < -0.4 is 10.2 Å². The predicted octanol–water partition coefficient (Wildman–Crippen LogP) is 3.67. The molecule has 1 amide bonds. The third-order valence-electron chi connectivity index (χ3n) is 4.24. The zero-order valence-electron chi connectivity index (χ0n) is 14.3. The number of halogens is 2. The van der Waals surface area contributed by atoms with Gasteiger partial charge in [0, 0.05) is 41.3 Å². The number of hydrogen-bond acceptors (Lipinski definition) is 5. The summed E-state index contributed by atoms with van der Waals surface area (Å²) in [5, 5.41) is 15.1. The first-order chi connectivity index (χ1) is 13.0. The third kappa shape index (κ3) is 4.68. The molecule has 3 rings (SSSR count). The van der Waals surface area contributed by atoms with Gasteiger partial charge in [-0.15, -0.1) is 0 Å². The molecule has 0 atom stereocenters. The Hall–Kier alpha value is -2.35. The van der Waals surface area contributed by atoms with E-state index in [1.165, 1.54) is 6.07 Å². The predicted molar refractivity (Wildman–Crippen MR) is 104 cm³/mol. The summed E-state index contributed by atoms with van der Waals surface area (Å²) in [7, 11) is 0. The number of nitrogens with one attached hydrogen (secondary N) is 1. The lowest BCUT2D eigenvalue weighted by Crippen LogP contribution is -2.36. The summed E-state index contributed by atoms with van der Waals surface area (Å²) in [6.45, 7) is 2.36. The quantitative estimate of drug-likeness (QED) is 0.601. The maximum Gasteiger partial charge on any atom is 0.293 e. The second-order valence-corrected chi connectivity index (χ2v) is 6.82. The molecule has 0 saturated carbocycles. The largest absolute Gasteiger partial charge is 0.378 e. The standard InChI is InChI=1S/C18H17Cl2N3O4/c19-14-3-1-13(15(20)10-14)11-21-18(24)12-2-4-16(17(9-12)23(25)26)22-5-7-27-8-6-22/h1-4,9-10H,5-8,11H2,(H,21,24). The number of anilines is 1. The molecule has 7 nitrogen and oxygen atoms in total. The molecule has 0 unspecified atom stereocenters. The molecule has 0 radical (unpaired) electrons. The Kier molecular flexibility index (Phi) is 6.15. The van der Waals surface area contributed by atoms with E-state index in [1.807, 2.05) is 4.90 Å². The molecule has 27 heavy (non-hydrogen) atoms. The van der Waals surface area contributed by atoms with Crippen LogP contribution >= 0.6 is 23.2 Å². The third-order valence-corrected chi connectivity index (χ3v) is 4.83. The van der Waals surface area contributed by atoms with Gasteiger partial charge in [0.25, 0.3) is 11.6 Å². The normalized spacial score (nSPS) is 14.1. The Bertz CT molecular complexity index is 870. The van der Waals surface area contributed by atoms with Gasteiger partial charge in [0.15, 0.2) is 0 Å². The van der Waals surface area contributed by atoms with Crippen molar-refractivity contribution in [1.82, 2.24) is 5.32 Å². The molecule has 0 aromatic heterocycles. The highest BCUT2D eigenvalue weighted by atomic mass is 35.5. The van der Waals surface area contributed by atoms with Crippen molar-refractivity contribution in [3.63, 3.8) is 0 Å². The van der Waals surface area contributed by atoms with E-state index in [-0.39, 0.29) is 17.8 Å². The molecule has 2 aromatic rings. The van der Waals surface area contributed by atoms with Crippen LogP contribution in [0.15, 0.2) is 36.4 Å². The van der Waals surface area contributed by atoms with Gasteiger partial charge in [-0.3, -0.25) is 14.9 Å². The number of nitro benzene ring substituents is 1. The molecule has 142 valence electrons. The number of nitro groups is 1. The van der Waals surface area contributed by atoms with Gasteiger partial charge in [0.1, 0.15) is 5.69 Å². The first-order valence-corrected chi connectivity index (χ1v) is 9.04. The number of amides is 1. The first-order valence-electron chi connectivity index (χ1n) is 8.29. The van der Waals surface area contributed by atoms with Crippen molar-refractivity contribution < 1.29 is 14.5 Å². The zero-order chi connectivity index (χ0) is 19.4. The fraction of sp³-hybridized carbons (Fsp3) is 0.278. The number of rotatable bonds is 5. The highest BCUT2D eigenvalue weighted by Gasteiger charge is 2.23. The van der Waals surface area contributed by atoms with Crippen LogP contribution in [0.25, 0.3) is 0 Å². The molecule has 0 aliphatic carbocycles. The molecule has 1 heterocycles. The number of hydrogen-bond donors (Lipinski definition) is 1. The molecular formula is C18H17Cl2N3O4. The van der Waals surface area contributed by atoms with E-state index in [2.05, 4.69) is 5.32 Å². The minimum absolute atomic E-state index is 0.103. The summed E-state index contributed by atoms with van der Waals surface area (Å²) < 4.78 is 5.28. The number of carbonyl (C=O) groups is 1. The summed E-state index contributed by atoms with van der Waals surface area (Å²) in [6.07, 6.45) is 0. The number of carbonyl (C=O) groups excluding carboxylic acids is 1. The van der Waals surface area contributed by atoms with Crippen molar-refractivity contribution >= 4 is 40.5 Å². The number of benzene rings is 2. The fourth-order valence-corrected chi connectivity index (χ4v) is 3.30.